The number of anilines is 3. The highest BCUT2D eigenvalue weighted by Crippen LogP contribution is 2.34. The molecule has 0 spiro atoms. The van der Waals surface area contributed by atoms with Crippen LogP contribution in [0.5, 0.6) is 0 Å². The van der Waals surface area contributed by atoms with Crippen molar-refractivity contribution in [2.75, 3.05) is 61.4 Å². The maximum Gasteiger partial charge on any atom is 0.133 e. The number of pyridine rings is 1. The lowest BCUT2D eigenvalue weighted by molar-refractivity contribution is 0.0204. The Kier molecular flexibility index (Phi) is 5.96. The van der Waals surface area contributed by atoms with Gasteiger partial charge in [-0.15, -0.1) is 0 Å². The van der Waals surface area contributed by atoms with E-state index < -0.39 is 0 Å². The second-order valence-corrected chi connectivity index (χ2v) is 9.90. The molecule has 0 radical (unpaired) electrons. The van der Waals surface area contributed by atoms with Gasteiger partial charge in [-0.1, -0.05) is 6.07 Å². The molecule has 36 heavy (non-hydrogen) atoms. The number of hydrogen-bond acceptors (Lipinski definition) is 8. The van der Waals surface area contributed by atoms with Crippen LogP contribution >= 0.6 is 0 Å². The summed E-state index contributed by atoms with van der Waals surface area (Å²) in [5.41, 5.74) is 6.08. The number of aromatic nitrogens is 1. The summed E-state index contributed by atoms with van der Waals surface area (Å²) in [7, 11) is 2.18. The number of nitrogens with zero attached hydrogens (tertiary/aromatic N) is 6. The Morgan fingerprint density at radius 1 is 1.00 bits per heavy atom. The van der Waals surface area contributed by atoms with Gasteiger partial charge in [0.1, 0.15) is 18.0 Å². The van der Waals surface area contributed by atoms with E-state index in [1.807, 2.05) is 24.3 Å². The van der Waals surface area contributed by atoms with Gasteiger partial charge >= 0.3 is 0 Å². The molecule has 184 valence electrons. The fourth-order valence-corrected chi connectivity index (χ4v) is 5.55. The van der Waals surface area contributed by atoms with Crippen molar-refractivity contribution in [3.05, 3.63) is 59.8 Å². The van der Waals surface area contributed by atoms with Gasteiger partial charge in [0, 0.05) is 66.9 Å². The Hall–Kier alpha value is -3.67. The summed E-state index contributed by atoms with van der Waals surface area (Å²) in [6, 6.07) is 16.6. The van der Waals surface area contributed by atoms with Gasteiger partial charge in [0.2, 0.25) is 0 Å². The van der Waals surface area contributed by atoms with Crippen molar-refractivity contribution in [2.45, 2.75) is 25.7 Å². The lowest BCUT2D eigenvalue weighted by Gasteiger charge is -2.40. The van der Waals surface area contributed by atoms with Crippen molar-refractivity contribution >= 4 is 33.8 Å². The first-order valence-electron chi connectivity index (χ1n) is 12.7. The number of morpholine rings is 1. The molecule has 0 aliphatic carbocycles. The fourth-order valence-electron chi connectivity index (χ4n) is 5.55. The topological polar surface area (TPSA) is 80.0 Å². The molecule has 0 bridgehead atoms. The van der Waals surface area contributed by atoms with Crippen LogP contribution in [0.1, 0.15) is 18.1 Å². The van der Waals surface area contributed by atoms with E-state index in [1.165, 1.54) is 11.3 Å². The van der Waals surface area contributed by atoms with Gasteiger partial charge in [0.05, 0.1) is 30.3 Å². The first-order chi connectivity index (χ1) is 17.6. The third kappa shape index (κ3) is 4.15. The van der Waals surface area contributed by atoms with Crippen molar-refractivity contribution in [1.29, 1.82) is 5.26 Å². The maximum atomic E-state index is 9.53. The van der Waals surface area contributed by atoms with Gasteiger partial charge in [-0.2, -0.15) is 5.26 Å². The molecule has 2 aromatic carbocycles. The van der Waals surface area contributed by atoms with Crippen LogP contribution in [0, 0.1) is 11.3 Å². The van der Waals surface area contributed by atoms with Gasteiger partial charge in [-0.25, -0.2) is 0 Å². The lowest BCUT2D eigenvalue weighted by Crippen LogP contribution is -2.52. The number of ether oxygens (including phenoxy) is 1. The van der Waals surface area contributed by atoms with Crippen LogP contribution in [0.25, 0.3) is 10.9 Å². The molecule has 6 rings (SSSR count). The Morgan fingerprint density at radius 3 is 2.69 bits per heavy atom. The fraction of sp³-hybridized carbons (Fsp3) is 0.393. The van der Waals surface area contributed by atoms with Crippen molar-refractivity contribution in [3.8, 4) is 6.07 Å². The summed E-state index contributed by atoms with van der Waals surface area (Å²) in [6.45, 7) is 8.43. The molecule has 0 saturated carbocycles. The number of nitriles is 1. The van der Waals surface area contributed by atoms with Crippen LogP contribution in [0.15, 0.2) is 53.7 Å². The minimum atomic E-state index is -0.170. The molecule has 8 heteroatoms. The normalized spacial score (nSPS) is 22.5. The zero-order valence-corrected chi connectivity index (χ0v) is 20.8. The van der Waals surface area contributed by atoms with E-state index in [0.29, 0.717) is 18.7 Å². The molecule has 2 saturated heterocycles. The largest absolute Gasteiger partial charge is 0.369 e. The number of aliphatic imine (C=N–C) groups is 1. The second-order valence-electron chi connectivity index (χ2n) is 9.90. The standard InChI is InChI=1S/C28H31N7O/c1-19-17-35(25-9-8-20(15-29)27-21(25)5-4-10-30-27)18-26(36-19)28-31-16-22-23(32-28)6-3-7-24(22)34-13-11-33(2)12-14-34/h3-10,19,26H,11-14,16-18H2,1-2H3,(H,31,32)/t19-,26-/m1/s1. The van der Waals surface area contributed by atoms with E-state index in [9.17, 15) is 5.26 Å². The number of benzene rings is 2. The van der Waals surface area contributed by atoms with E-state index in [1.54, 1.807) is 6.20 Å². The zero-order valence-electron chi connectivity index (χ0n) is 20.8. The molecular formula is C28H31N7O. The maximum absolute atomic E-state index is 9.53. The number of nitrogens with one attached hydrogen (secondary N) is 1. The van der Waals surface area contributed by atoms with Gasteiger partial charge < -0.3 is 24.8 Å². The highest BCUT2D eigenvalue weighted by molar-refractivity contribution is 6.02. The van der Waals surface area contributed by atoms with Gasteiger partial charge in [-0.05, 0) is 50.4 Å². The summed E-state index contributed by atoms with van der Waals surface area (Å²) in [4.78, 5) is 16.7. The Balaban J connectivity index is 1.25. The molecule has 3 aliphatic rings. The molecule has 2 fully saturated rings. The quantitative estimate of drug-likeness (QED) is 0.614. The number of hydrogen-bond donors (Lipinski definition) is 1. The summed E-state index contributed by atoms with van der Waals surface area (Å²) < 4.78 is 6.39. The number of rotatable bonds is 3. The molecule has 0 amide bonds. The van der Waals surface area contributed by atoms with Crippen molar-refractivity contribution in [1.82, 2.24) is 9.88 Å². The van der Waals surface area contributed by atoms with Crippen LogP contribution in [-0.2, 0) is 11.3 Å². The summed E-state index contributed by atoms with van der Waals surface area (Å²) in [5.74, 6) is 0.880. The first-order valence-corrected chi connectivity index (χ1v) is 12.7. The van der Waals surface area contributed by atoms with Gasteiger partial charge in [0.25, 0.3) is 0 Å². The molecule has 3 aliphatic heterocycles. The molecule has 0 unspecified atom stereocenters. The Labute approximate surface area is 211 Å². The van der Waals surface area contributed by atoms with E-state index in [2.05, 4.69) is 63.2 Å². The zero-order chi connectivity index (χ0) is 24.6. The van der Waals surface area contributed by atoms with E-state index >= 15 is 0 Å². The Morgan fingerprint density at radius 2 is 1.86 bits per heavy atom. The molecule has 4 heterocycles. The molecule has 2 atom stereocenters. The van der Waals surface area contributed by atoms with Crippen LogP contribution < -0.4 is 15.1 Å². The molecule has 1 aromatic heterocycles. The van der Waals surface area contributed by atoms with Gasteiger partial charge in [-0.3, -0.25) is 9.98 Å². The average molecular weight is 482 g/mol. The first kappa shape index (κ1) is 22.8. The SMILES string of the molecule is C[C@@H]1CN(c2ccc(C#N)c3ncccc23)C[C@H](C2=NCc3c(cccc3N3CCN(C)CC3)N2)O1. The average Bonchev–Trinajstić information content (AvgIpc) is 2.92. The third-order valence-corrected chi connectivity index (χ3v) is 7.44. The predicted molar refractivity (Wildman–Crippen MR) is 144 cm³/mol. The number of piperazine rings is 1. The predicted octanol–water partition coefficient (Wildman–Crippen LogP) is 3.48. The molecule has 3 aromatic rings. The number of fused-ring (bicyclic) bond motifs is 2. The van der Waals surface area contributed by atoms with Crippen molar-refractivity contribution in [2.24, 2.45) is 4.99 Å². The van der Waals surface area contributed by atoms with Crippen molar-refractivity contribution in [3.63, 3.8) is 0 Å². The minimum absolute atomic E-state index is 0.0358. The van der Waals surface area contributed by atoms with Crippen LogP contribution in [0.3, 0.4) is 0 Å². The smallest absolute Gasteiger partial charge is 0.133 e. The van der Waals surface area contributed by atoms with Gasteiger partial charge in [0.15, 0.2) is 0 Å². The Bertz CT molecular complexity index is 1360. The van der Waals surface area contributed by atoms with Crippen molar-refractivity contribution < 1.29 is 4.74 Å². The summed E-state index contributed by atoms with van der Waals surface area (Å²) >= 11 is 0. The molecule has 8 nitrogen and oxygen atoms in total. The second kappa shape index (κ2) is 9.41. The van der Waals surface area contributed by atoms with Crippen LogP contribution in [0.4, 0.5) is 17.1 Å². The minimum Gasteiger partial charge on any atom is -0.369 e. The highest BCUT2D eigenvalue weighted by atomic mass is 16.5. The summed E-state index contributed by atoms with van der Waals surface area (Å²) in [5, 5.41) is 14.1. The lowest BCUT2D eigenvalue weighted by atomic mass is 10.0. The van der Waals surface area contributed by atoms with Crippen LogP contribution in [-0.4, -0.2) is 74.2 Å². The van der Waals surface area contributed by atoms with E-state index in [0.717, 1.165) is 60.8 Å². The monoisotopic (exact) mass is 481 g/mol. The third-order valence-electron chi connectivity index (χ3n) is 7.44. The molecule has 1 N–H and O–H groups in total. The number of amidine groups is 1. The van der Waals surface area contributed by atoms with E-state index in [-0.39, 0.29) is 12.2 Å². The highest BCUT2D eigenvalue weighted by Gasteiger charge is 2.32. The molecular weight excluding hydrogens is 450 g/mol. The number of likely N-dealkylation sites (N-methyl/N-ethyl adjacent to an activating group) is 1. The summed E-state index contributed by atoms with van der Waals surface area (Å²) in [6.07, 6.45) is 1.61. The van der Waals surface area contributed by atoms with E-state index in [4.69, 9.17) is 9.73 Å². The van der Waals surface area contributed by atoms with Crippen LogP contribution in [0.2, 0.25) is 0 Å².